The first-order valence-electron chi connectivity index (χ1n) is 11.2. The molecule has 4 rings (SSSR count). The molecule has 9 heteroatoms. The molecule has 1 aromatic heterocycles. The van der Waals surface area contributed by atoms with Crippen LogP contribution in [-0.4, -0.2) is 58.8 Å². The highest BCUT2D eigenvalue weighted by Crippen LogP contribution is 2.33. The van der Waals surface area contributed by atoms with Crippen LogP contribution in [0, 0.1) is 11.6 Å². The van der Waals surface area contributed by atoms with E-state index in [1.807, 2.05) is 29.9 Å². The van der Waals surface area contributed by atoms with Crippen molar-refractivity contribution in [3.05, 3.63) is 95.3 Å². The molecule has 1 unspecified atom stereocenters. The van der Waals surface area contributed by atoms with Gasteiger partial charge in [0.1, 0.15) is 18.2 Å². The predicted octanol–water partition coefficient (Wildman–Crippen LogP) is 3.77. The van der Waals surface area contributed by atoms with Crippen LogP contribution in [0.5, 0.6) is 0 Å². The maximum atomic E-state index is 13.7. The van der Waals surface area contributed by atoms with E-state index < -0.39 is 23.7 Å². The Balaban J connectivity index is 1.62. The molecule has 35 heavy (non-hydrogen) atoms. The molecule has 0 spiro atoms. The van der Waals surface area contributed by atoms with Gasteiger partial charge in [0.05, 0.1) is 24.1 Å². The van der Waals surface area contributed by atoms with E-state index in [-0.39, 0.29) is 31.1 Å². The van der Waals surface area contributed by atoms with Crippen LogP contribution in [0.3, 0.4) is 0 Å². The van der Waals surface area contributed by atoms with Crippen molar-refractivity contribution in [1.29, 1.82) is 0 Å². The number of nitrogens with zero attached hydrogens (tertiary/aromatic N) is 4. The van der Waals surface area contributed by atoms with Crippen molar-refractivity contribution in [2.24, 2.45) is 12.1 Å². The van der Waals surface area contributed by atoms with Crippen LogP contribution in [-0.2, 0) is 16.6 Å². The lowest BCUT2D eigenvalue weighted by atomic mass is 10.0. The summed E-state index contributed by atoms with van der Waals surface area (Å²) in [6, 6.07) is 14.6. The zero-order chi connectivity index (χ0) is 24.9. The van der Waals surface area contributed by atoms with Gasteiger partial charge in [-0.05, 0) is 48.0 Å². The molecular weight excluding hydrogens is 454 g/mol. The fourth-order valence-corrected chi connectivity index (χ4v) is 4.09. The Labute approximate surface area is 202 Å². The first-order chi connectivity index (χ1) is 16.9. The number of amides is 2. The van der Waals surface area contributed by atoms with E-state index in [0.717, 1.165) is 17.3 Å². The van der Waals surface area contributed by atoms with Gasteiger partial charge in [-0.1, -0.05) is 18.2 Å². The molecule has 3 aromatic rings. The Kier molecular flexibility index (Phi) is 7.36. The smallest absolute Gasteiger partial charge is 0.262 e. The summed E-state index contributed by atoms with van der Waals surface area (Å²) in [4.78, 5) is 27.9. The number of carbonyl (C=O) groups excluding carboxylic acids is 2. The van der Waals surface area contributed by atoms with E-state index >= 15 is 0 Å². The largest absolute Gasteiger partial charge is 0.383 e. The van der Waals surface area contributed by atoms with Crippen molar-refractivity contribution in [2.45, 2.75) is 12.5 Å². The number of methoxy groups -OCH3 is 1. The Morgan fingerprint density at radius 2 is 1.86 bits per heavy atom. The molecule has 2 heterocycles. The van der Waals surface area contributed by atoms with Crippen molar-refractivity contribution in [3.63, 3.8) is 0 Å². The summed E-state index contributed by atoms with van der Waals surface area (Å²) >= 11 is 0. The standard InChI is InChI=1S/C26H26F2N4O3/c1-30-12-4-7-23(30)22-16-24(18-8-10-20(27)11-9-18)32(29-22)25(33)17-31(13-14-35-2)26(34)19-5-3-6-21(28)15-19/h3-12,15,24H,13-14,16-17H2,1-2H3. The normalized spacial score (nSPS) is 15.3. The summed E-state index contributed by atoms with van der Waals surface area (Å²) in [7, 11) is 3.38. The number of ether oxygens (including phenoxy) is 1. The van der Waals surface area contributed by atoms with Crippen molar-refractivity contribution in [3.8, 4) is 0 Å². The zero-order valence-corrected chi connectivity index (χ0v) is 19.5. The molecule has 1 atom stereocenters. The number of hydrogen-bond acceptors (Lipinski definition) is 4. The minimum Gasteiger partial charge on any atom is -0.383 e. The number of halogens is 2. The lowest BCUT2D eigenvalue weighted by Gasteiger charge is -2.27. The Hall–Kier alpha value is -3.85. The quantitative estimate of drug-likeness (QED) is 0.493. The van der Waals surface area contributed by atoms with Gasteiger partial charge in [-0.2, -0.15) is 5.10 Å². The van der Waals surface area contributed by atoms with E-state index in [2.05, 4.69) is 5.10 Å². The van der Waals surface area contributed by atoms with Crippen LogP contribution < -0.4 is 0 Å². The average Bonchev–Trinajstić information content (AvgIpc) is 3.48. The van der Waals surface area contributed by atoms with Crippen LogP contribution in [0.2, 0.25) is 0 Å². The van der Waals surface area contributed by atoms with Crippen LogP contribution in [0.25, 0.3) is 0 Å². The maximum Gasteiger partial charge on any atom is 0.262 e. The average molecular weight is 481 g/mol. The molecule has 1 aliphatic rings. The molecule has 2 aromatic carbocycles. The number of carbonyl (C=O) groups is 2. The highest BCUT2D eigenvalue weighted by molar-refractivity contribution is 6.02. The van der Waals surface area contributed by atoms with Crippen molar-refractivity contribution < 1.29 is 23.1 Å². The van der Waals surface area contributed by atoms with E-state index in [9.17, 15) is 18.4 Å². The van der Waals surface area contributed by atoms with Crippen molar-refractivity contribution >= 4 is 17.5 Å². The Bertz CT molecular complexity index is 1240. The van der Waals surface area contributed by atoms with Gasteiger partial charge in [0.25, 0.3) is 11.8 Å². The van der Waals surface area contributed by atoms with Crippen LogP contribution in [0.1, 0.15) is 34.1 Å². The third-order valence-electron chi connectivity index (χ3n) is 5.91. The van der Waals surface area contributed by atoms with Gasteiger partial charge >= 0.3 is 0 Å². The molecule has 2 amide bonds. The molecule has 182 valence electrons. The van der Waals surface area contributed by atoms with Gasteiger partial charge in [-0.15, -0.1) is 0 Å². The topological polar surface area (TPSA) is 67.1 Å². The highest BCUT2D eigenvalue weighted by Gasteiger charge is 2.35. The summed E-state index contributed by atoms with van der Waals surface area (Å²) in [5, 5.41) is 5.96. The molecule has 0 N–H and O–H groups in total. The number of aromatic nitrogens is 1. The molecule has 0 fully saturated rings. The summed E-state index contributed by atoms with van der Waals surface area (Å²) in [5.74, 6) is -1.82. The van der Waals surface area contributed by atoms with Gasteiger partial charge < -0.3 is 14.2 Å². The monoisotopic (exact) mass is 480 g/mol. The summed E-state index contributed by atoms with van der Waals surface area (Å²) in [6.07, 6.45) is 2.32. The second-order valence-corrected chi connectivity index (χ2v) is 8.29. The molecule has 0 saturated heterocycles. The molecule has 7 nitrogen and oxygen atoms in total. The van der Waals surface area contributed by atoms with E-state index in [1.165, 1.54) is 47.4 Å². The Morgan fingerprint density at radius 3 is 2.51 bits per heavy atom. The lowest BCUT2D eigenvalue weighted by molar-refractivity contribution is -0.133. The van der Waals surface area contributed by atoms with Crippen molar-refractivity contribution in [2.75, 3.05) is 26.8 Å². The minimum atomic E-state index is -0.540. The highest BCUT2D eigenvalue weighted by atomic mass is 19.1. The number of hydrazone groups is 1. The second-order valence-electron chi connectivity index (χ2n) is 8.29. The summed E-state index contributed by atoms with van der Waals surface area (Å²) in [6.45, 7) is 0.0644. The number of aryl methyl sites for hydroxylation is 1. The van der Waals surface area contributed by atoms with Crippen LogP contribution >= 0.6 is 0 Å². The molecule has 0 aliphatic carbocycles. The van der Waals surface area contributed by atoms with Gasteiger partial charge in [0, 0.05) is 38.9 Å². The molecule has 1 aliphatic heterocycles. The summed E-state index contributed by atoms with van der Waals surface area (Å²) in [5.41, 5.74) is 2.44. The minimum absolute atomic E-state index is 0.137. The SMILES string of the molecule is COCCN(CC(=O)N1N=C(c2cccn2C)CC1c1ccc(F)cc1)C(=O)c1cccc(F)c1. The second kappa shape index (κ2) is 10.6. The van der Waals surface area contributed by atoms with E-state index in [0.29, 0.717) is 12.1 Å². The van der Waals surface area contributed by atoms with Gasteiger partial charge in [0.15, 0.2) is 0 Å². The van der Waals surface area contributed by atoms with E-state index in [1.54, 1.807) is 12.1 Å². The van der Waals surface area contributed by atoms with Crippen LogP contribution in [0.4, 0.5) is 8.78 Å². The molecular formula is C26H26F2N4O3. The summed E-state index contributed by atoms with van der Waals surface area (Å²) < 4.78 is 34.3. The third-order valence-corrected chi connectivity index (χ3v) is 5.91. The molecule has 0 saturated carbocycles. The maximum absolute atomic E-state index is 13.7. The lowest BCUT2D eigenvalue weighted by Crippen LogP contribution is -2.42. The third kappa shape index (κ3) is 5.46. The van der Waals surface area contributed by atoms with E-state index in [4.69, 9.17) is 4.74 Å². The first-order valence-corrected chi connectivity index (χ1v) is 11.2. The van der Waals surface area contributed by atoms with Gasteiger partial charge in [0.2, 0.25) is 0 Å². The fourth-order valence-electron chi connectivity index (χ4n) is 4.09. The van der Waals surface area contributed by atoms with Crippen LogP contribution in [0.15, 0.2) is 72.0 Å². The number of hydrogen-bond donors (Lipinski definition) is 0. The predicted molar refractivity (Wildman–Crippen MR) is 127 cm³/mol. The van der Waals surface area contributed by atoms with Crippen molar-refractivity contribution in [1.82, 2.24) is 14.5 Å². The van der Waals surface area contributed by atoms with Gasteiger partial charge in [-0.25, -0.2) is 13.8 Å². The number of benzene rings is 2. The van der Waals surface area contributed by atoms with Gasteiger partial charge in [-0.3, -0.25) is 9.59 Å². The zero-order valence-electron chi connectivity index (χ0n) is 19.5. The first kappa shape index (κ1) is 24.3. The molecule has 0 radical (unpaired) electrons. The number of rotatable bonds is 8. The fraction of sp³-hybridized carbons (Fsp3) is 0.269. The Morgan fingerprint density at radius 1 is 1.09 bits per heavy atom. The molecule has 0 bridgehead atoms.